The van der Waals surface area contributed by atoms with Gasteiger partial charge in [-0.2, -0.15) is 13.2 Å². The number of hydrogen-bond donors (Lipinski definition) is 2. The van der Waals surface area contributed by atoms with Crippen LogP contribution in [0.3, 0.4) is 0 Å². The zero-order valence-corrected chi connectivity index (χ0v) is 19.5. The fraction of sp³-hybridized carbons (Fsp3) is 0.125. The van der Waals surface area contributed by atoms with Crippen LogP contribution in [0.15, 0.2) is 60.8 Å². The van der Waals surface area contributed by atoms with Gasteiger partial charge in [0.05, 0.1) is 11.1 Å². The van der Waals surface area contributed by atoms with E-state index in [1.165, 1.54) is 6.07 Å². The number of hydrogen-bond acceptors (Lipinski definition) is 4. The second-order valence-electron chi connectivity index (χ2n) is 7.49. The van der Waals surface area contributed by atoms with E-state index in [9.17, 15) is 18.0 Å². The lowest BCUT2D eigenvalue weighted by atomic mass is 9.96. The molecule has 0 atom stereocenters. The first-order chi connectivity index (χ1) is 15.7. The van der Waals surface area contributed by atoms with Gasteiger partial charge in [0.25, 0.3) is 5.91 Å². The average molecular weight is 562 g/mol. The first kappa shape index (κ1) is 23.0. The minimum absolute atomic E-state index is 0.145. The van der Waals surface area contributed by atoms with Gasteiger partial charge >= 0.3 is 6.18 Å². The molecule has 33 heavy (non-hydrogen) atoms. The number of alkyl halides is 4. The number of anilines is 2. The molecule has 0 aliphatic carbocycles. The van der Waals surface area contributed by atoms with E-state index >= 15 is 0 Å². The Morgan fingerprint density at radius 3 is 2.61 bits per heavy atom. The number of nitrogens with two attached hydrogens (primary N) is 1. The maximum Gasteiger partial charge on any atom is 0.416 e. The number of carbonyl (C=O) groups excluding carboxylic acids is 1. The summed E-state index contributed by atoms with van der Waals surface area (Å²) in [5.74, 6) is -0.302. The van der Waals surface area contributed by atoms with Crippen LogP contribution in [0.25, 0.3) is 22.0 Å². The molecule has 4 aromatic rings. The Labute approximate surface area is 201 Å². The molecule has 9 heteroatoms. The predicted octanol–water partition coefficient (Wildman–Crippen LogP) is 6.39. The van der Waals surface area contributed by atoms with Gasteiger partial charge in [-0.15, -0.1) is 0 Å². The number of nitrogen functional groups attached to an aromatic ring is 1. The zero-order valence-electron chi connectivity index (χ0n) is 17.4. The molecule has 0 radical (unpaired) electrons. The first-order valence-corrected chi connectivity index (χ1v) is 11.4. The van der Waals surface area contributed by atoms with Crippen LogP contribution in [0.1, 0.15) is 27.0 Å². The van der Waals surface area contributed by atoms with Crippen molar-refractivity contribution in [2.45, 2.75) is 17.5 Å². The Morgan fingerprint density at radius 2 is 1.88 bits per heavy atom. The first-order valence-electron chi connectivity index (χ1n) is 9.86. The Hall–Kier alpha value is -3.21. The minimum Gasteiger partial charge on any atom is -0.368 e. The molecule has 0 aliphatic rings. The lowest BCUT2D eigenvalue weighted by Gasteiger charge is -2.14. The van der Waals surface area contributed by atoms with Gasteiger partial charge in [-0.3, -0.25) is 4.79 Å². The summed E-state index contributed by atoms with van der Waals surface area (Å²) in [6.07, 6.45) is -2.86. The maximum atomic E-state index is 13.2. The second-order valence-corrected chi connectivity index (χ2v) is 8.25. The maximum absolute atomic E-state index is 13.2. The number of nitrogens with zero attached hydrogens (tertiary/aromatic N) is 2. The van der Waals surface area contributed by atoms with Crippen LogP contribution in [0.5, 0.6) is 0 Å². The van der Waals surface area contributed by atoms with Crippen molar-refractivity contribution in [2.75, 3.05) is 11.1 Å². The molecule has 1 aromatic heterocycles. The average Bonchev–Trinajstić information content (AvgIpc) is 2.78. The van der Waals surface area contributed by atoms with Crippen LogP contribution in [0.4, 0.5) is 24.8 Å². The van der Waals surface area contributed by atoms with E-state index in [-0.39, 0.29) is 11.6 Å². The molecule has 0 saturated carbocycles. The third-order valence-electron chi connectivity index (χ3n) is 5.24. The number of aromatic nitrogens is 2. The Balaban J connectivity index is 1.68. The van der Waals surface area contributed by atoms with E-state index in [0.29, 0.717) is 21.1 Å². The van der Waals surface area contributed by atoms with Gasteiger partial charge in [0.2, 0.25) is 5.95 Å². The second kappa shape index (κ2) is 8.97. The highest BCUT2D eigenvalue weighted by molar-refractivity contribution is 14.1. The molecule has 0 aliphatic heterocycles. The molecular weight excluding hydrogens is 544 g/mol. The van der Waals surface area contributed by atoms with Gasteiger partial charge in [0.1, 0.15) is 0 Å². The molecule has 0 unspecified atom stereocenters. The highest BCUT2D eigenvalue weighted by Crippen LogP contribution is 2.33. The normalized spacial score (nSPS) is 11.5. The summed E-state index contributed by atoms with van der Waals surface area (Å²) in [6, 6.07) is 14.1. The number of carbonyl (C=O) groups is 1. The van der Waals surface area contributed by atoms with E-state index in [4.69, 9.17) is 5.73 Å². The van der Waals surface area contributed by atoms with E-state index in [1.807, 2.05) is 47.7 Å². The summed E-state index contributed by atoms with van der Waals surface area (Å²) in [5, 5.41) is 3.44. The number of benzene rings is 3. The van der Waals surface area contributed by atoms with Gasteiger partial charge in [-0.05, 0) is 65.6 Å². The van der Waals surface area contributed by atoms with Gasteiger partial charge in [0, 0.05) is 27.3 Å². The summed E-state index contributed by atoms with van der Waals surface area (Å²) >= 11 is 2.05. The number of aryl methyl sites for hydroxylation is 1. The third-order valence-corrected chi connectivity index (χ3v) is 6.06. The largest absolute Gasteiger partial charge is 0.416 e. The molecule has 1 heterocycles. The van der Waals surface area contributed by atoms with Crippen LogP contribution in [0, 0.1) is 6.92 Å². The van der Waals surface area contributed by atoms with Crippen molar-refractivity contribution in [3.05, 3.63) is 83.0 Å². The van der Waals surface area contributed by atoms with Gasteiger partial charge < -0.3 is 11.1 Å². The highest BCUT2D eigenvalue weighted by atomic mass is 127. The molecular formula is C24H18F3IN4O. The van der Waals surface area contributed by atoms with Crippen LogP contribution in [0.2, 0.25) is 0 Å². The Bertz CT molecular complexity index is 1370. The number of amides is 1. The SMILES string of the molecule is Cc1ccc(C(=O)Nc2cc(C(F)(F)F)ccc2CI)cc1-c1ccc2nc(N)ncc2c1. The molecule has 5 nitrogen and oxygen atoms in total. The molecule has 4 rings (SSSR count). The van der Waals surface area contributed by atoms with Crippen molar-refractivity contribution >= 4 is 51.0 Å². The number of halogens is 4. The molecule has 3 aromatic carbocycles. The number of rotatable bonds is 4. The lowest BCUT2D eigenvalue weighted by Crippen LogP contribution is -2.15. The van der Waals surface area contributed by atoms with E-state index in [2.05, 4.69) is 15.3 Å². The Morgan fingerprint density at radius 1 is 1.09 bits per heavy atom. The fourth-order valence-electron chi connectivity index (χ4n) is 3.47. The molecule has 0 fully saturated rings. The van der Waals surface area contributed by atoms with Crippen molar-refractivity contribution in [3.63, 3.8) is 0 Å². The third kappa shape index (κ3) is 4.92. The predicted molar refractivity (Wildman–Crippen MR) is 131 cm³/mol. The van der Waals surface area contributed by atoms with Gasteiger partial charge in [-0.25, -0.2) is 9.97 Å². The highest BCUT2D eigenvalue weighted by Gasteiger charge is 2.31. The van der Waals surface area contributed by atoms with Crippen LogP contribution < -0.4 is 11.1 Å². The van der Waals surface area contributed by atoms with Crippen LogP contribution in [-0.2, 0) is 10.6 Å². The van der Waals surface area contributed by atoms with E-state index in [1.54, 1.807) is 24.4 Å². The summed E-state index contributed by atoms with van der Waals surface area (Å²) in [5.41, 5.74) is 9.23. The van der Waals surface area contributed by atoms with Crippen LogP contribution in [-0.4, -0.2) is 15.9 Å². The monoisotopic (exact) mass is 562 g/mol. The summed E-state index contributed by atoms with van der Waals surface area (Å²) in [4.78, 5) is 21.2. The Kier molecular flexibility index (Phi) is 6.24. The van der Waals surface area contributed by atoms with E-state index < -0.39 is 17.6 Å². The van der Waals surface area contributed by atoms with E-state index in [0.717, 1.165) is 34.2 Å². The molecule has 3 N–H and O–H groups in total. The summed E-state index contributed by atoms with van der Waals surface area (Å²) < 4.78 is 39.9. The van der Waals surface area contributed by atoms with Crippen molar-refractivity contribution in [3.8, 4) is 11.1 Å². The molecule has 168 valence electrons. The van der Waals surface area contributed by atoms with Crippen molar-refractivity contribution in [1.82, 2.24) is 9.97 Å². The summed E-state index contributed by atoms with van der Waals surface area (Å²) in [7, 11) is 0. The fourth-order valence-corrected chi connectivity index (χ4v) is 4.13. The number of nitrogens with one attached hydrogen (secondary N) is 1. The minimum atomic E-state index is -4.50. The quantitative estimate of drug-likeness (QED) is 0.223. The topological polar surface area (TPSA) is 80.9 Å². The van der Waals surface area contributed by atoms with Crippen molar-refractivity contribution < 1.29 is 18.0 Å². The van der Waals surface area contributed by atoms with Crippen LogP contribution >= 0.6 is 22.6 Å². The van der Waals surface area contributed by atoms with Crippen molar-refractivity contribution in [1.29, 1.82) is 0 Å². The zero-order chi connectivity index (χ0) is 23.8. The standard InChI is InChI=1S/C24H18F3IN4O/c1-13-2-3-15(9-19(13)14-5-7-20-17(8-14)12-30-23(29)32-20)22(33)31-21-10-18(24(25,26)27)6-4-16(21)11-28/h2-10,12H,11H2,1H3,(H,31,33)(H2,29,30,32). The number of fused-ring (bicyclic) bond motifs is 1. The van der Waals surface area contributed by atoms with Gasteiger partial charge in [-0.1, -0.05) is 40.8 Å². The van der Waals surface area contributed by atoms with Gasteiger partial charge in [0.15, 0.2) is 0 Å². The summed E-state index contributed by atoms with van der Waals surface area (Å²) in [6.45, 7) is 1.92. The lowest BCUT2D eigenvalue weighted by molar-refractivity contribution is -0.137. The van der Waals surface area contributed by atoms with Crippen molar-refractivity contribution in [2.24, 2.45) is 0 Å². The molecule has 0 saturated heterocycles. The molecule has 1 amide bonds. The molecule has 0 bridgehead atoms. The molecule has 0 spiro atoms. The smallest absolute Gasteiger partial charge is 0.368 e.